The number of Topliss-reactive ketones (excluding diaryl/α,β-unsaturated/α-hetero) is 1. The zero-order valence-electron chi connectivity index (χ0n) is 13.5. The minimum absolute atomic E-state index is 0.0201. The van der Waals surface area contributed by atoms with Crippen LogP contribution in [0.25, 0.3) is 0 Å². The van der Waals surface area contributed by atoms with Gasteiger partial charge in [0.15, 0.2) is 5.78 Å². The highest BCUT2D eigenvalue weighted by atomic mass is 16.6. The van der Waals surface area contributed by atoms with Gasteiger partial charge in [-0.1, -0.05) is 12.8 Å². The molecule has 6 heteroatoms. The van der Waals surface area contributed by atoms with Crippen molar-refractivity contribution in [2.45, 2.75) is 71.0 Å². The van der Waals surface area contributed by atoms with Gasteiger partial charge < -0.3 is 14.9 Å². The summed E-state index contributed by atoms with van der Waals surface area (Å²) in [6, 6.07) is 0. The number of ether oxygens (including phenoxy) is 1. The van der Waals surface area contributed by atoms with E-state index in [1.807, 2.05) is 0 Å². The summed E-state index contributed by atoms with van der Waals surface area (Å²) in [5, 5.41) is 18.8. The molecule has 0 bridgehead atoms. The van der Waals surface area contributed by atoms with E-state index in [1.165, 1.54) is 0 Å². The summed E-state index contributed by atoms with van der Waals surface area (Å²) in [6.07, 6.45) is 0.839. The number of aliphatic hydroxyl groups excluding tert-OH is 1. The first-order valence-electron chi connectivity index (χ1n) is 7.73. The van der Waals surface area contributed by atoms with Crippen LogP contribution in [0.5, 0.6) is 0 Å². The summed E-state index contributed by atoms with van der Waals surface area (Å²) in [5.74, 6) is -2.09. The molecule has 1 saturated carbocycles. The molecule has 0 saturated heterocycles. The number of ketones is 1. The number of rotatable bonds is 9. The van der Waals surface area contributed by atoms with Crippen LogP contribution in [0.3, 0.4) is 0 Å². The molecular weight excluding hydrogens is 288 g/mol. The van der Waals surface area contributed by atoms with Crippen LogP contribution >= 0.6 is 0 Å². The molecule has 0 aromatic rings. The van der Waals surface area contributed by atoms with Gasteiger partial charge in [-0.3, -0.25) is 14.4 Å². The van der Waals surface area contributed by atoms with Crippen molar-refractivity contribution in [3.63, 3.8) is 0 Å². The molecule has 6 nitrogen and oxygen atoms in total. The third kappa shape index (κ3) is 7.54. The second-order valence-electron chi connectivity index (χ2n) is 7.03. The van der Waals surface area contributed by atoms with Crippen molar-refractivity contribution >= 4 is 17.7 Å². The van der Waals surface area contributed by atoms with Gasteiger partial charge in [0.1, 0.15) is 11.7 Å². The Kier molecular flexibility index (Phi) is 6.53. The van der Waals surface area contributed by atoms with E-state index in [0.717, 1.165) is 12.8 Å². The smallest absolute Gasteiger partial charge is 0.306 e. The summed E-state index contributed by atoms with van der Waals surface area (Å²) >= 11 is 0. The van der Waals surface area contributed by atoms with E-state index < -0.39 is 35.3 Å². The van der Waals surface area contributed by atoms with Gasteiger partial charge >= 0.3 is 11.9 Å². The Balaban J connectivity index is 2.60. The van der Waals surface area contributed by atoms with Crippen LogP contribution < -0.4 is 0 Å². The Labute approximate surface area is 130 Å². The average Bonchev–Trinajstić information content (AvgIpc) is 3.15. The number of esters is 1. The molecule has 0 aliphatic heterocycles. The molecule has 2 atom stereocenters. The summed E-state index contributed by atoms with van der Waals surface area (Å²) < 4.78 is 5.24. The van der Waals surface area contributed by atoms with Crippen LogP contribution in [0.1, 0.15) is 59.3 Å². The summed E-state index contributed by atoms with van der Waals surface area (Å²) in [5.41, 5.74) is -0.612. The molecule has 1 fully saturated rings. The molecule has 2 N–H and O–H groups in total. The second-order valence-corrected chi connectivity index (χ2v) is 7.03. The molecule has 0 radical (unpaired) electrons. The van der Waals surface area contributed by atoms with Crippen molar-refractivity contribution in [3.05, 3.63) is 0 Å². The molecule has 1 aliphatic rings. The van der Waals surface area contributed by atoms with Gasteiger partial charge in [0.2, 0.25) is 0 Å². The molecule has 1 aliphatic carbocycles. The lowest BCUT2D eigenvalue weighted by atomic mass is 9.89. The van der Waals surface area contributed by atoms with E-state index in [2.05, 4.69) is 0 Å². The van der Waals surface area contributed by atoms with Crippen LogP contribution in [0, 0.1) is 11.8 Å². The zero-order chi connectivity index (χ0) is 16.9. The van der Waals surface area contributed by atoms with Crippen LogP contribution in [-0.2, 0) is 19.1 Å². The number of carboxylic acids is 1. The van der Waals surface area contributed by atoms with Crippen molar-refractivity contribution in [1.82, 2.24) is 0 Å². The molecule has 0 aromatic heterocycles. The monoisotopic (exact) mass is 314 g/mol. The minimum Gasteiger partial charge on any atom is -0.481 e. The molecule has 0 amide bonds. The van der Waals surface area contributed by atoms with E-state index in [9.17, 15) is 19.5 Å². The maximum Gasteiger partial charge on any atom is 0.306 e. The van der Waals surface area contributed by atoms with E-state index in [4.69, 9.17) is 9.84 Å². The number of hydrogen-bond acceptors (Lipinski definition) is 5. The van der Waals surface area contributed by atoms with Crippen LogP contribution in [0.2, 0.25) is 0 Å². The van der Waals surface area contributed by atoms with E-state index in [0.29, 0.717) is 12.3 Å². The van der Waals surface area contributed by atoms with Gasteiger partial charge in [0.05, 0.1) is 12.8 Å². The molecule has 22 heavy (non-hydrogen) atoms. The number of hydrogen-bond donors (Lipinski definition) is 2. The number of carboxylic acid groups (broad SMARTS) is 1. The molecule has 0 aromatic carbocycles. The molecule has 0 spiro atoms. The quantitative estimate of drug-likeness (QED) is 0.631. The third-order valence-corrected chi connectivity index (χ3v) is 3.54. The summed E-state index contributed by atoms with van der Waals surface area (Å²) in [4.78, 5) is 34.3. The molecule has 2 unspecified atom stereocenters. The fraction of sp³-hybridized carbons (Fsp3) is 0.812. The largest absolute Gasteiger partial charge is 0.481 e. The van der Waals surface area contributed by atoms with Gasteiger partial charge in [-0.2, -0.15) is 0 Å². The second kappa shape index (κ2) is 7.72. The number of carbonyl (C=O) groups is 3. The highest BCUT2D eigenvalue weighted by Crippen LogP contribution is 2.37. The first-order valence-corrected chi connectivity index (χ1v) is 7.73. The lowest BCUT2D eigenvalue weighted by Crippen LogP contribution is -2.34. The molecular formula is C16H26O6. The molecule has 1 rings (SSSR count). The van der Waals surface area contributed by atoms with Crippen molar-refractivity contribution in [1.29, 1.82) is 0 Å². The Bertz CT molecular complexity index is 419. The maximum atomic E-state index is 11.9. The maximum absolute atomic E-state index is 11.9. The zero-order valence-corrected chi connectivity index (χ0v) is 13.5. The Hall–Kier alpha value is -1.43. The van der Waals surface area contributed by atoms with E-state index in [1.54, 1.807) is 20.8 Å². The third-order valence-electron chi connectivity index (χ3n) is 3.54. The van der Waals surface area contributed by atoms with Gasteiger partial charge in [0.25, 0.3) is 0 Å². The number of aliphatic hydroxyl groups is 1. The predicted octanol–water partition coefficient (Wildman–Crippen LogP) is 1.93. The summed E-state index contributed by atoms with van der Waals surface area (Å²) in [7, 11) is 0. The Morgan fingerprint density at radius 2 is 1.77 bits per heavy atom. The lowest BCUT2D eigenvalue weighted by molar-refractivity contribution is -0.157. The van der Waals surface area contributed by atoms with Gasteiger partial charge in [0, 0.05) is 12.3 Å². The normalized spacial score (nSPS) is 17.6. The lowest BCUT2D eigenvalue weighted by Gasteiger charge is -2.24. The Morgan fingerprint density at radius 3 is 2.23 bits per heavy atom. The molecule has 0 heterocycles. The highest BCUT2D eigenvalue weighted by Gasteiger charge is 2.34. The van der Waals surface area contributed by atoms with E-state index >= 15 is 0 Å². The highest BCUT2D eigenvalue weighted by molar-refractivity contribution is 5.86. The predicted molar refractivity (Wildman–Crippen MR) is 79.2 cm³/mol. The fourth-order valence-electron chi connectivity index (χ4n) is 2.34. The summed E-state index contributed by atoms with van der Waals surface area (Å²) in [6.45, 7) is 5.28. The van der Waals surface area contributed by atoms with Gasteiger partial charge in [-0.25, -0.2) is 0 Å². The van der Waals surface area contributed by atoms with Crippen LogP contribution in [0.15, 0.2) is 0 Å². The average molecular weight is 314 g/mol. The van der Waals surface area contributed by atoms with Crippen molar-refractivity contribution in [3.8, 4) is 0 Å². The van der Waals surface area contributed by atoms with E-state index in [-0.39, 0.29) is 19.3 Å². The topological polar surface area (TPSA) is 101 Å². The number of aliphatic carboxylic acids is 1. The van der Waals surface area contributed by atoms with Crippen LogP contribution in [0.4, 0.5) is 0 Å². The number of carbonyl (C=O) groups excluding carboxylic acids is 2. The van der Waals surface area contributed by atoms with Crippen molar-refractivity contribution in [2.24, 2.45) is 11.8 Å². The van der Waals surface area contributed by atoms with Crippen molar-refractivity contribution in [2.75, 3.05) is 0 Å². The standard InChI is InChI=1S/C16H26O6/c1-16(2,3)22-14(20)9-11(8-10-4-5-10)15(21)12(17)6-7-13(18)19/h10-11,15,21H,4-9H2,1-3H3,(H,18,19). The van der Waals surface area contributed by atoms with Gasteiger partial charge in [-0.15, -0.1) is 0 Å². The Morgan fingerprint density at radius 1 is 1.18 bits per heavy atom. The first-order chi connectivity index (χ1) is 10.1. The first kappa shape index (κ1) is 18.6. The van der Waals surface area contributed by atoms with Gasteiger partial charge in [-0.05, 0) is 33.1 Å². The minimum atomic E-state index is -1.30. The fourth-order valence-corrected chi connectivity index (χ4v) is 2.34. The van der Waals surface area contributed by atoms with Crippen LogP contribution in [-0.4, -0.2) is 39.6 Å². The molecule has 126 valence electrons. The SMILES string of the molecule is CC(C)(C)OC(=O)CC(CC1CC1)C(O)C(=O)CCC(=O)O. The van der Waals surface area contributed by atoms with Crippen molar-refractivity contribution < 1.29 is 29.3 Å².